The van der Waals surface area contributed by atoms with E-state index in [-0.39, 0.29) is 11.5 Å². The molecular weight excluding hydrogens is 194 g/mol. The van der Waals surface area contributed by atoms with Gasteiger partial charge in [-0.05, 0) is 30.2 Å². The molecule has 1 aliphatic rings. The van der Waals surface area contributed by atoms with Crippen LogP contribution in [0.1, 0.15) is 21.5 Å². The highest BCUT2D eigenvalue weighted by Crippen LogP contribution is 2.28. The molecule has 0 bridgehead atoms. The van der Waals surface area contributed by atoms with E-state index in [1.165, 1.54) is 0 Å². The molecule has 0 amide bonds. The van der Waals surface area contributed by atoms with Gasteiger partial charge in [0.25, 0.3) is 0 Å². The van der Waals surface area contributed by atoms with Crippen LogP contribution in [0, 0.1) is 6.92 Å². The van der Waals surface area contributed by atoms with E-state index in [1.54, 1.807) is 13.2 Å². The highest BCUT2D eigenvalue weighted by molar-refractivity contribution is 6.49. The number of rotatable bonds is 1. The number of ketones is 1. The Morgan fingerprint density at radius 1 is 1.47 bits per heavy atom. The third kappa shape index (κ3) is 1.38. The fourth-order valence-electron chi connectivity index (χ4n) is 1.80. The van der Waals surface area contributed by atoms with Gasteiger partial charge in [-0.25, -0.2) is 0 Å². The maximum atomic E-state index is 11.6. The van der Waals surface area contributed by atoms with Crippen LogP contribution in [0.4, 0.5) is 0 Å². The van der Waals surface area contributed by atoms with E-state index >= 15 is 0 Å². The predicted molar refractivity (Wildman–Crippen MR) is 55.0 cm³/mol. The number of methoxy groups -OCH3 is 1. The van der Waals surface area contributed by atoms with Crippen LogP contribution in [-0.4, -0.2) is 23.8 Å². The lowest BCUT2D eigenvalue weighted by Gasteiger charge is -2.06. The Morgan fingerprint density at radius 3 is 2.80 bits per heavy atom. The lowest BCUT2D eigenvalue weighted by atomic mass is 10.1. The Bertz CT molecular complexity index is 463. The lowest BCUT2D eigenvalue weighted by Crippen LogP contribution is -2.07. The van der Waals surface area contributed by atoms with Crippen molar-refractivity contribution in [2.24, 2.45) is 5.16 Å². The standard InChI is InChI=1S/C11H11NO3/c1-6-3-8-7(5-10(6)15-2)4-9(12-14)11(8)13/h3,5,14H,4H2,1-2H3/b12-9+. The second-order valence-electron chi connectivity index (χ2n) is 3.53. The van der Waals surface area contributed by atoms with Crippen molar-refractivity contribution in [3.05, 3.63) is 28.8 Å². The molecule has 1 aromatic carbocycles. The van der Waals surface area contributed by atoms with Crippen molar-refractivity contribution in [3.63, 3.8) is 0 Å². The van der Waals surface area contributed by atoms with Gasteiger partial charge in [0, 0.05) is 12.0 Å². The minimum Gasteiger partial charge on any atom is -0.496 e. The van der Waals surface area contributed by atoms with Gasteiger partial charge in [-0.15, -0.1) is 0 Å². The monoisotopic (exact) mass is 205 g/mol. The zero-order chi connectivity index (χ0) is 11.0. The molecule has 0 unspecified atom stereocenters. The summed E-state index contributed by atoms with van der Waals surface area (Å²) < 4.78 is 5.16. The molecule has 1 aromatic rings. The summed E-state index contributed by atoms with van der Waals surface area (Å²) >= 11 is 0. The van der Waals surface area contributed by atoms with Crippen LogP contribution in [0.15, 0.2) is 17.3 Å². The van der Waals surface area contributed by atoms with Crippen molar-refractivity contribution >= 4 is 11.5 Å². The predicted octanol–water partition coefficient (Wildman–Crippen LogP) is 1.57. The molecule has 0 fully saturated rings. The van der Waals surface area contributed by atoms with Gasteiger partial charge >= 0.3 is 0 Å². The first-order valence-corrected chi connectivity index (χ1v) is 4.60. The van der Waals surface area contributed by atoms with Crippen molar-refractivity contribution < 1.29 is 14.7 Å². The van der Waals surface area contributed by atoms with Crippen molar-refractivity contribution in [1.29, 1.82) is 0 Å². The van der Waals surface area contributed by atoms with E-state index in [0.29, 0.717) is 12.0 Å². The average Bonchev–Trinajstić information content (AvgIpc) is 2.54. The number of carbonyl (C=O) groups is 1. The van der Waals surface area contributed by atoms with Gasteiger partial charge < -0.3 is 9.94 Å². The molecule has 15 heavy (non-hydrogen) atoms. The minimum absolute atomic E-state index is 0.192. The summed E-state index contributed by atoms with van der Waals surface area (Å²) in [5.74, 6) is 0.555. The van der Waals surface area contributed by atoms with E-state index in [0.717, 1.165) is 16.9 Å². The molecule has 0 radical (unpaired) electrons. The first kappa shape index (κ1) is 9.71. The Kier molecular flexibility index (Phi) is 2.19. The zero-order valence-corrected chi connectivity index (χ0v) is 8.57. The highest BCUT2D eigenvalue weighted by atomic mass is 16.5. The normalized spacial score (nSPS) is 16.9. The van der Waals surface area contributed by atoms with Crippen molar-refractivity contribution in [2.45, 2.75) is 13.3 Å². The summed E-state index contributed by atoms with van der Waals surface area (Å²) in [5, 5.41) is 11.6. The number of fused-ring (bicyclic) bond motifs is 1. The Morgan fingerprint density at radius 2 is 2.20 bits per heavy atom. The third-order valence-corrected chi connectivity index (χ3v) is 2.61. The van der Waals surface area contributed by atoms with Crippen LogP contribution in [0.5, 0.6) is 5.75 Å². The Labute approximate surface area is 87.2 Å². The molecule has 4 heteroatoms. The van der Waals surface area contributed by atoms with E-state index in [2.05, 4.69) is 5.16 Å². The molecule has 1 aliphatic carbocycles. The van der Waals surface area contributed by atoms with E-state index < -0.39 is 0 Å². The second kappa shape index (κ2) is 3.38. The van der Waals surface area contributed by atoms with Gasteiger partial charge in [0.15, 0.2) is 0 Å². The molecule has 4 nitrogen and oxygen atoms in total. The number of oxime groups is 1. The molecular formula is C11H11NO3. The number of nitrogens with zero attached hydrogens (tertiary/aromatic N) is 1. The second-order valence-corrected chi connectivity index (χ2v) is 3.53. The fourth-order valence-corrected chi connectivity index (χ4v) is 1.80. The third-order valence-electron chi connectivity index (χ3n) is 2.61. The van der Waals surface area contributed by atoms with E-state index in [4.69, 9.17) is 9.94 Å². The molecule has 1 N–H and O–H groups in total. The number of hydrogen-bond acceptors (Lipinski definition) is 4. The van der Waals surface area contributed by atoms with Gasteiger partial charge in [-0.3, -0.25) is 4.79 Å². The zero-order valence-electron chi connectivity index (χ0n) is 8.57. The van der Waals surface area contributed by atoms with Crippen molar-refractivity contribution in [3.8, 4) is 5.75 Å². The van der Waals surface area contributed by atoms with Crippen LogP contribution in [0.2, 0.25) is 0 Å². The van der Waals surface area contributed by atoms with Gasteiger partial charge in [-0.2, -0.15) is 0 Å². The van der Waals surface area contributed by atoms with E-state index in [1.807, 2.05) is 13.0 Å². The number of benzene rings is 1. The maximum absolute atomic E-state index is 11.6. The topological polar surface area (TPSA) is 58.9 Å². The maximum Gasteiger partial charge on any atom is 0.211 e. The Hall–Kier alpha value is -1.84. The van der Waals surface area contributed by atoms with Crippen LogP contribution < -0.4 is 4.74 Å². The number of hydrogen-bond donors (Lipinski definition) is 1. The molecule has 0 spiro atoms. The Balaban J connectivity index is 2.56. The first-order valence-electron chi connectivity index (χ1n) is 4.60. The summed E-state index contributed by atoms with van der Waals surface area (Å²) in [6.07, 6.45) is 0.376. The summed E-state index contributed by atoms with van der Waals surface area (Å²) in [6.45, 7) is 1.88. The smallest absolute Gasteiger partial charge is 0.211 e. The molecule has 0 saturated heterocycles. The minimum atomic E-state index is -0.196. The van der Waals surface area contributed by atoms with Crippen molar-refractivity contribution in [1.82, 2.24) is 0 Å². The fraction of sp³-hybridized carbons (Fsp3) is 0.273. The highest BCUT2D eigenvalue weighted by Gasteiger charge is 2.27. The molecule has 0 aromatic heterocycles. The molecule has 0 saturated carbocycles. The van der Waals surface area contributed by atoms with Gasteiger partial charge in [0.05, 0.1) is 7.11 Å². The summed E-state index contributed by atoms with van der Waals surface area (Å²) in [7, 11) is 1.59. The number of Topliss-reactive ketones (excluding diaryl/α,β-unsaturated/α-hetero) is 1. The molecule has 0 aliphatic heterocycles. The van der Waals surface area contributed by atoms with Gasteiger partial charge in [0.1, 0.15) is 11.5 Å². The van der Waals surface area contributed by atoms with Gasteiger partial charge in [0.2, 0.25) is 5.78 Å². The summed E-state index contributed by atoms with van der Waals surface area (Å²) in [5.41, 5.74) is 2.57. The lowest BCUT2D eigenvalue weighted by molar-refractivity contribution is 0.106. The first-order chi connectivity index (χ1) is 7.17. The van der Waals surface area contributed by atoms with Crippen LogP contribution in [0.25, 0.3) is 0 Å². The molecule has 2 rings (SSSR count). The van der Waals surface area contributed by atoms with Crippen LogP contribution in [-0.2, 0) is 6.42 Å². The molecule has 0 heterocycles. The quantitative estimate of drug-likeness (QED) is 0.559. The van der Waals surface area contributed by atoms with Crippen LogP contribution in [0.3, 0.4) is 0 Å². The number of ether oxygens (including phenoxy) is 1. The molecule has 78 valence electrons. The average molecular weight is 205 g/mol. The number of carbonyl (C=O) groups excluding carboxylic acids is 1. The van der Waals surface area contributed by atoms with E-state index in [9.17, 15) is 4.79 Å². The van der Waals surface area contributed by atoms with Gasteiger partial charge in [-0.1, -0.05) is 5.16 Å². The molecule has 0 atom stereocenters. The summed E-state index contributed by atoms with van der Waals surface area (Å²) in [6, 6.07) is 3.59. The number of aryl methyl sites for hydroxylation is 1. The SMILES string of the molecule is COc1cc2c(cc1C)C(=O)/C(=N/O)C2. The largest absolute Gasteiger partial charge is 0.496 e. The van der Waals surface area contributed by atoms with Crippen molar-refractivity contribution in [2.75, 3.05) is 7.11 Å². The van der Waals surface area contributed by atoms with Crippen LogP contribution >= 0.6 is 0 Å². The summed E-state index contributed by atoms with van der Waals surface area (Å²) in [4.78, 5) is 11.6.